The molecule has 5 heteroatoms. The fourth-order valence-corrected chi connectivity index (χ4v) is 2.97. The summed E-state index contributed by atoms with van der Waals surface area (Å²) in [5, 5.41) is 0.443. The molecule has 0 aliphatic heterocycles. The highest BCUT2D eigenvalue weighted by molar-refractivity contribution is 9.10. The topological polar surface area (TPSA) is 35.5 Å². The van der Waals surface area contributed by atoms with E-state index in [2.05, 4.69) is 21.9 Å². The van der Waals surface area contributed by atoms with Crippen molar-refractivity contribution in [1.82, 2.24) is 0 Å². The molecule has 25 heavy (non-hydrogen) atoms. The average molecular weight is 420 g/mol. The van der Waals surface area contributed by atoms with Crippen molar-refractivity contribution in [2.24, 2.45) is 0 Å². The van der Waals surface area contributed by atoms with Crippen LogP contribution in [0.5, 0.6) is 5.75 Å². The van der Waals surface area contributed by atoms with E-state index in [9.17, 15) is 4.79 Å². The Hall–Kier alpha value is -2.22. The number of ether oxygens (including phenoxy) is 2. The molecule has 0 amide bonds. The summed E-state index contributed by atoms with van der Waals surface area (Å²) in [5.41, 5.74) is 2.98. The van der Waals surface area contributed by atoms with Gasteiger partial charge in [-0.15, -0.1) is 6.42 Å². The normalized spacial score (nSPS) is 10.5. The average Bonchev–Trinajstić information content (AvgIpc) is 2.59. The van der Waals surface area contributed by atoms with Crippen molar-refractivity contribution in [3.8, 4) is 18.1 Å². The Morgan fingerprint density at radius 1 is 1.32 bits per heavy atom. The van der Waals surface area contributed by atoms with E-state index in [1.807, 2.05) is 31.2 Å². The fourth-order valence-electron chi connectivity index (χ4n) is 1.98. The lowest BCUT2D eigenvalue weighted by Crippen LogP contribution is -2.00. The molecule has 0 fully saturated rings. The third-order valence-electron chi connectivity index (χ3n) is 3.23. The van der Waals surface area contributed by atoms with Crippen LogP contribution in [0.1, 0.15) is 16.7 Å². The molecule has 0 aromatic heterocycles. The van der Waals surface area contributed by atoms with E-state index in [1.54, 1.807) is 18.2 Å². The Bertz CT molecular complexity index is 797. The van der Waals surface area contributed by atoms with Gasteiger partial charge in [-0.05, 0) is 52.2 Å². The van der Waals surface area contributed by atoms with Crippen molar-refractivity contribution in [3.63, 3.8) is 0 Å². The molecule has 0 bridgehead atoms. The third-order valence-corrected chi connectivity index (χ3v) is 4.10. The number of halogens is 2. The number of carbonyl (C=O) groups is 1. The summed E-state index contributed by atoms with van der Waals surface area (Å²) < 4.78 is 11.3. The molecule has 0 heterocycles. The Morgan fingerprint density at radius 3 is 2.68 bits per heavy atom. The molecule has 0 spiro atoms. The van der Waals surface area contributed by atoms with Crippen LogP contribution in [-0.4, -0.2) is 12.6 Å². The molecular weight excluding hydrogens is 404 g/mol. The maximum atomic E-state index is 11.4. The summed E-state index contributed by atoms with van der Waals surface area (Å²) in [6, 6.07) is 11.6. The first-order chi connectivity index (χ1) is 12.0. The molecule has 2 rings (SSSR count). The summed E-state index contributed by atoms with van der Waals surface area (Å²) in [7, 11) is 0. The Labute approximate surface area is 160 Å². The number of esters is 1. The number of terminal acetylenes is 1. The maximum Gasteiger partial charge on any atom is 0.331 e. The summed E-state index contributed by atoms with van der Waals surface area (Å²) >= 11 is 9.74. The summed E-state index contributed by atoms with van der Waals surface area (Å²) in [4.78, 5) is 11.4. The standard InChI is InChI=1S/C20H16BrClO3/c1-3-10-24-19(23)9-8-16-11-17(21)20(18(22)12-16)25-13-15-6-4-14(2)5-7-15/h1,4-9,11-12H,10,13H2,2H3/b9-8+. The molecule has 0 aliphatic rings. The first-order valence-corrected chi connectivity index (χ1v) is 8.62. The fraction of sp³-hybridized carbons (Fsp3) is 0.150. The van der Waals surface area contributed by atoms with Gasteiger partial charge in [0.15, 0.2) is 12.4 Å². The predicted octanol–water partition coefficient (Wildman–Crippen LogP) is 5.18. The molecule has 0 atom stereocenters. The van der Waals surface area contributed by atoms with Gasteiger partial charge in [0.05, 0.1) is 9.50 Å². The zero-order valence-electron chi connectivity index (χ0n) is 13.6. The highest BCUT2D eigenvalue weighted by atomic mass is 79.9. The predicted molar refractivity (Wildman–Crippen MR) is 103 cm³/mol. The van der Waals surface area contributed by atoms with Gasteiger partial charge in [0, 0.05) is 6.08 Å². The van der Waals surface area contributed by atoms with Gasteiger partial charge in [0.1, 0.15) is 6.61 Å². The van der Waals surface area contributed by atoms with Crippen molar-refractivity contribution in [3.05, 3.63) is 68.7 Å². The van der Waals surface area contributed by atoms with Crippen LogP contribution in [0.25, 0.3) is 6.08 Å². The van der Waals surface area contributed by atoms with Gasteiger partial charge in [0.25, 0.3) is 0 Å². The molecule has 2 aromatic rings. The van der Waals surface area contributed by atoms with Gasteiger partial charge in [0.2, 0.25) is 0 Å². The molecular formula is C20H16BrClO3. The lowest BCUT2D eigenvalue weighted by molar-refractivity contribution is -0.136. The largest absolute Gasteiger partial charge is 0.486 e. The molecule has 0 saturated carbocycles. The van der Waals surface area contributed by atoms with E-state index in [0.29, 0.717) is 21.9 Å². The van der Waals surface area contributed by atoms with Crippen molar-refractivity contribution in [2.45, 2.75) is 13.5 Å². The van der Waals surface area contributed by atoms with Crippen LogP contribution in [0, 0.1) is 19.3 Å². The number of hydrogen-bond acceptors (Lipinski definition) is 3. The smallest absolute Gasteiger partial charge is 0.331 e. The first-order valence-electron chi connectivity index (χ1n) is 7.45. The number of hydrogen-bond donors (Lipinski definition) is 0. The lowest BCUT2D eigenvalue weighted by Gasteiger charge is -2.11. The van der Waals surface area contributed by atoms with Crippen LogP contribution in [0.3, 0.4) is 0 Å². The molecule has 0 aliphatic carbocycles. The quantitative estimate of drug-likeness (QED) is 0.368. The van der Waals surface area contributed by atoms with Gasteiger partial charge in [-0.2, -0.15) is 0 Å². The molecule has 0 radical (unpaired) electrons. The Kier molecular flexibility index (Phi) is 7.12. The van der Waals surface area contributed by atoms with E-state index in [0.717, 1.165) is 11.1 Å². The number of aryl methyl sites for hydroxylation is 1. The van der Waals surface area contributed by atoms with Crippen molar-refractivity contribution in [1.29, 1.82) is 0 Å². The van der Waals surface area contributed by atoms with Gasteiger partial charge in [-0.25, -0.2) is 4.79 Å². The molecule has 2 aromatic carbocycles. The van der Waals surface area contributed by atoms with Gasteiger partial charge in [-0.1, -0.05) is 47.4 Å². The van der Waals surface area contributed by atoms with E-state index in [4.69, 9.17) is 27.5 Å². The van der Waals surface area contributed by atoms with Crippen LogP contribution >= 0.6 is 27.5 Å². The number of carbonyl (C=O) groups excluding carboxylic acids is 1. The van der Waals surface area contributed by atoms with Crippen molar-refractivity contribution >= 4 is 39.6 Å². The zero-order valence-corrected chi connectivity index (χ0v) is 15.9. The summed E-state index contributed by atoms with van der Waals surface area (Å²) in [6.45, 7) is 2.39. The van der Waals surface area contributed by atoms with E-state index in [1.165, 1.54) is 11.6 Å². The molecule has 0 unspecified atom stereocenters. The Balaban J connectivity index is 2.06. The van der Waals surface area contributed by atoms with Crippen LogP contribution in [-0.2, 0) is 16.1 Å². The highest BCUT2D eigenvalue weighted by Gasteiger charge is 2.09. The van der Waals surface area contributed by atoms with Crippen LogP contribution in [0.4, 0.5) is 0 Å². The monoisotopic (exact) mass is 418 g/mol. The van der Waals surface area contributed by atoms with Gasteiger partial charge < -0.3 is 9.47 Å². The number of benzene rings is 2. The minimum atomic E-state index is -0.509. The minimum Gasteiger partial charge on any atom is -0.486 e. The van der Waals surface area contributed by atoms with E-state index in [-0.39, 0.29) is 6.61 Å². The molecule has 0 N–H and O–H groups in total. The van der Waals surface area contributed by atoms with Crippen LogP contribution in [0.15, 0.2) is 46.9 Å². The molecule has 0 saturated heterocycles. The van der Waals surface area contributed by atoms with E-state index < -0.39 is 5.97 Å². The summed E-state index contributed by atoms with van der Waals surface area (Å²) in [6.07, 6.45) is 7.92. The van der Waals surface area contributed by atoms with Gasteiger partial charge >= 0.3 is 5.97 Å². The molecule has 3 nitrogen and oxygen atoms in total. The highest BCUT2D eigenvalue weighted by Crippen LogP contribution is 2.35. The first kappa shape index (κ1) is 19.1. The molecule has 128 valence electrons. The Morgan fingerprint density at radius 2 is 2.04 bits per heavy atom. The minimum absolute atomic E-state index is 0.0561. The number of rotatable bonds is 6. The van der Waals surface area contributed by atoms with E-state index >= 15 is 0 Å². The second kappa shape index (κ2) is 9.31. The maximum absolute atomic E-state index is 11.4. The van der Waals surface area contributed by atoms with Crippen molar-refractivity contribution in [2.75, 3.05) is 6.61 Å². The van der Waals surface area contributed by atoms with Gasteiger partial charge in [-0.3, -0.25) is 0 Å². The third kappa shape index (κ3) is 5.97. The second-order valence-electron chi connectivity index (χ2n) is 5.23. The summed E-state index contributed by atoms with van der Waals surface area (Å²) in [5.74, 6) is 2.27. The van der Waals surface area contributed by atoms with Crippen molar-refractivity contribution < 1.29 is 14.3 Å². The van der Waals surface area contributed by atoms with Crippen LogP contribution in [0.2, 0.25) is 5.02 Å². The van der Waals surface area contributed by atoms with Crippen LogP contribution < -0.4 is 4.74 Å². The zero-order chi connectivity index (χ0) is 18.2. The second-order valence-corrected chi connectivity index (χ2v) is 6.49. The lowest BCUT2D eigenvalue weighted by atomic mass is 10.1. The SMILES string of the molecule is C#CCOC(=O)/C=C/c1cc(Cl)c(OCc2ccc(C)cc2)c(Br)c1.